The molecule has 0 saturated carbocycles. The Balaban J connectivity index is 2.46. The SMILES string of the molecule is CCCCCNc1nc[nH]c1C(=N)SC. The lowest BCUT2D eigenvalue weighted by atomic mass is 10.2. The van der Waals surface area contributed by atoms with Crippen LogP contribution in [0.5, 0.6) is 0 Å². The number of H-pyrrole nitrogens is 1. The Morgan fingerprint density at radius 3 is 3.07 bits per heavy atom. The molecule has 0 atom stereocenters. The van der Waals surface area contributed by atoms with Crippen molar-refractivity contribution >= 4 is 22.6 Å². The molecule has 0 spiro atoms. The molecule has 0 unspecified atom stereocenters. The number of unbranched alkanes of at least 4 members (excludes halogenated alkanes) is 2. The Kier molecular flexibility index (Phi) is 5.25. The lowest BCUT2D eigenvalue weighted by Crippen LogP contribution is -2.06. The fourth-order valence-electron chi connectivity index (χ4n) is 1.29. The molecule has 0 aromatic carbocycles. The second kappa shape index (κ2) is 6.50. The Labute approximate surface area is 94.8 Å². The quantitative estimate of drug-likeness (QED) is 0.397. The molecular formula is C10H18N4S. The smallest absolute Gasteiger partial charge is 0.154 e. The number of thioether (sulfide) groups is 1. The Hall–Kier alpha value is -0.970. The summed E-state index contributed by atoms with van der Waals surface area (Å²) in [5.74, 6) is 0.797. The van der Waals surface area contributed by atoms with Gasteiger partial charge in [0.15, 0.2) is 5.82 Å². The lowest BCUT2D eigenvalue weighted by molar-refractivity contribution is 0.742. The highest BCUT2D eigenvalue weighted by Crippen LogP contribution is 2.15. The van der Waals surface area contributed by atoms with Crippen molar-refractivity contribution in [2.45, 2.75) is 26.2 Å². The van der Waals surface area contributed by atoms with Gasteiger partial charge in [-0.2, -0.15) is 0 Å². The zero-order chi connectivity index (χ0) is 11.1. The lowest BCUT2D eigenvalue weighted by Gasteiger charge is -2.05. The van der Waals surface area contributed by atoms with Crippen molar-refractivity contribution in [1.29, 1.82) is 5.41 Å². The molecule has 4 nitrogen and oxygen atoms in total. The van der Waals surface area contributed by atoms with E-state index < -0.39 is 0 Å². The number of hydrogen-bond donors (Lipinski definition) is 3. The van der Waals surface area contributed by atoms with Crippen LogP contribution in [-0.4, -0.2) is 27.8 Å². The number of nitrogens with one attached hydrogen (secondary N) is 3. The highest BCUT2D eigenvalue weighted by molar-refractivity contribution is 8.13. The van der Waals surface area contributed by atoms with Gasteiger partial charge in [-0.05, 0) is 12.7 Å². The molecule has 1 rings (SSSR count). The third kappa shape index (κ3) is 3.58. The van der Waals surface area contributed by atoms with E-state index in [1.54, 1.807) is 6.33 Å². The monoisotopic (exact) mass is 226 g/mol. The number of hydrogen-bond acceptors (Lipinski definition) is 4. The predicted octanol–water partition coefficient (Wildman–Crippen LogP) is 2.70. The van der Waals surface area contributed by atoms with E-state index in [4.69, 9.17) is 5.41 Å². The van der Waals surface area contributed by atoms with Gasteiger partial charge in [-0.25, -0.2) is 4.98 Å². The first-order chi connectivity index (χ1) is 7.29. The first-order valence-corrected chi connectivity index (χ1v) is 6.42. The Bertz CT molecular complexity index is 308. The molecule has 1 heterocycles. The van der Waals surface area contributed by atoms with Crippen molar-refractivity contribution in [2.24, 2.45) is 0 Å². The molecule has 5 heteroatoms. The molecule has 1 aromatic heterocycles. The van der Waals surface area contributed by atoms with Crippen LogP contribution in [0.3, 0.4) is 0 Å². The topological polar surface area (TPSA) is 64.6 Å². The molecule has 0 fully saturated rings. The average Bonchev–Trinajstić information content (AvgIpc) is 2.71. The minimum atomic E-state index is 0.519. The summed E-state index contributed by atoms with van der Waals surface area (Å²) >= 11 is 1.41. The Morgan fingerprint density at radius 2 is 2.40 bits per heavy atom. The van der Waals surface area contributed by atoms with Gasteiger partial charge in [0, 0.05) is 6.54 Å². The van der Waals surface area contributed by atoms with Crippen molar-refractivity contribution in [3.05, 3.63) is 12.0 Å². The van der Waals surface area contributed by atoms with Crippen LogP contribution in [0.15, 0.2) is 6.33 Å². The van der Waals surface area contributed by atoms with E-state index in [2.05, 4.69) is 22.2 Å². The summed E-state index contributed by atoms with van der Waals surface area (Å²) in [5, 5.41) is 11.5. The minimum absolute atomic E-state index is 0.519. The maximum atomic E-state index is 7.70. The van der Waals surface area contributed by atoms with Crippen LogP contribution in [0.1, 0.15) is 31.9 Å². The van der Waals surface area contributed by atoms with Crippen molar-refractivity contribution in [3.63, 3.8) is 0 Å². The van der Waals surface area contributed by atoms with Gasteiger partial charge in [0.25, 0.3) is 0 Å². The number of nitrogens with zero attached hydrogens (tertiary/aromatic N) is 1. The van der Waals surface area contributed by atoms with E-state index in [1.165, 1.54) is 24.6 Å². The number of anilines is 1. The summed E-state index contributed by atoms with van der Waals surface area (Å²) in [4.78, 5) is 7.14. The molecular weight excluding hydrogens is 208 g/mol. The molecule has 1 aromatic rings. The highest BCUT2D eigenvalue weighted by Gasteiger charge is 2.08. The fourth-order valence-corrected chi connectivity index (χ4v) is 1.64. The number of imidazole rings is 1. The van der Waals surface area contributed by atoms with E-state index in [0.717, 1.165) is 24.5 Å². The molecule has 15 heavy (non-hydrogen) atoms. The molecule has 0 aliphatic rings. The number of rotatable bonds is 6. The van der Waals surface area contributed by atoms with Crippen LogP contribution in [0.25, 0.3) is 0 Å². The second-order valence-corrected chi connectivity index (χ2v) is 4.11. The third-order valence-corrected chi connectivity index (χ3v) is 2.76. The van der Waals surface area contributed by atoms with Gasteiger partial charge in [0.2, 0.25) is 0 Å². The number of aromatic nitrogens is 2. The van der Waals surface area contributed by atoms with E-state index in [1.807, 2.05) is 6.26 Å². The summed E-state index contributed by atoms with van der Waals surface area (Å²) in [6.07, 6.45) is 7.12. The molecule has 0 amide bonds. The number of aromatic amines is 1. The molecule has 0 aliphatic heterocycles. The molecule has 0 aliphatic carbocycles. The molecule has 3 N–H and O–H groups in total. The van der Waals surface area contributed by atoms with E-state index in [0.29, 0.717) is 5.04 Å². The summed E-state index contributed by atoms with van der Waals surface area (Å²) < 4.78 is 0. The van der Waals surface area contributed by atoms with Crippen LogP contribution < -0.4 is 5.32 Å². The molecule has 84 valence electrons. The predicted molar refractivity (Wildman–Crippen MR) is 66.9 cm³/mol. The normalized spacial score (nSPS) is 10.3. The van der Waals surface area contributed by atoms with Gasteiger partial charge < -0.3 is 10.3 Å². The molecule has 0 saturated heterocycles. The summed E-state index contributed by atoms with van der Waals surface area (Å²) in [5.41, 5.74) is 0.791. The van der Waals surface area contributed by atoms with Gasteiger partial charge in [-0.1, -0.05) is 19.8 Å². The van der Waals surface area contributed by atoms with E-state index >= 15 is 0 Å². The molecule has 0 bridgehead atoms. The fraction of sp³-hybridized carbons (Fsp3) is 0.600. The van der Waals surface area contributed by atoms with Crippen molar-refractivity contribution in [1.82, 2.24) is 9.97 Å². The average molecular weight is 226 g/mol. The maximum absolute atomic E-state index is 7.70. The summed E-state index contributed by atoms with van der Waals surface area (Å²) in [6.45, 7) is 3.11. The van der Waals surface area contributed by atoms with Crippen molar-refractivity contribution < 1.29 is 0 Å². The van der Waals surface area contributed by atoms with Crippen LogP contribution in [-0.2, 0) is 0 Å². The zero-order valence-corrected chi connectivity index (χ0v) is 10.1. The van der Waals surface area contributed by atoms with Crippen LogP contribution >= 0.6 is 11.8 Å². The van der Waals surface area contributed by atoms with Crippen LogP contribution in [0, 0.1) is 5.41 Å². The standard InChI is InChI=1S/C10H18N4S/c1-3-4-5-6-12-10-8(9(11)15-2)13-7-14-10/h7,11-12H,3-6H2,1-2H3,(H,13,14). The summed E-state index contributed by atoms with van der Waals surface area (Å²) in [6, 6.07) is 0. The van der Waals surface area contributed by atoms with Gasteiger partial charge in [0.05, 0.1) is 6.33 Å². The zero-order valence-electron chi connectivity index (χ0n) is 9.26. The van der Waals surface area contributed by atoms with E-state index in [-0.39, 0.29) is 0 Å². The third-order valence-electron chi connectivity index (χ3n) is 2.14. The first-order valence-electron chi connectivity index (χ1n) is 5.19. The highest BCUT2D eigenvalue weighted by atomic mass is 32.2. The van der Waals surface area contributed by atoms with Crippen molar-refractivity contribution in [3.8, 4) is 0 Å². The van der Waals surface area contributed by atoms with Gasteiger partial charge in [-0.15, -0.1) is 11.8 Å². The van der Waals surface area contributed by atoms with Gasteiger partial charge in [0.1, 0.15) is 10.7 Å². The van der Waals surface area contributed by atoms with E-state index in [9.17, 15) is 0 Å². The summed E-state index contributed by atoms with van der Waals surface area (Å²) in [7, 11) is 0. The van der Waals surface area contributed by atoms with Gasteiger partial charge in [-0.3, -0.25) is 5.41 Å². The molecule has 0 radical (unpaired) electrons. The van der Waals surface area contributed by atoms with Crippen LogP contribution in [0.2, 0.25) is 0 Å². The largest absolute Gasteiger partial charge is 0.368 e. The van der Waals surface area contributed by atoms with Crippen molar-refractivity contribution in [2.75, 3.05) is 18.1 Å². The van der Waals surface area contributed by atoms with Gasteiger partial charge >= 0.3 is 0 Å². The maximum Gasteiger partial charge on any atom is 0.154 e. The van der Waals surface area contributed by atoms with Crippen LogP contribution in [0.4, 0.5) is 5.82 Å². The minimum Gasteiger partial charge on any atom is -0.368 e. The first kappa shape index (κ1) is 12.1. The second-order valence-electron chi connectivity index (χ2n) is 3.29. The Morgan fingerprint density at radius 1 is 1.60 bits per heavy atom.